The van der Waals surface area contributed by atoms with Crippen molar-refractivity contribution < 1.29 is 9.84 Å². The molecular weight excluding hydrogens is 244 g/mol. The van der Waals surface area contributed by atoms with E-state index >= 15 is 0 Å². The molecule has 1 fully saturated rings. The Balaban J connectivity index is 1.93. The van der Waals surface area contributed by atoms with Gasteiger partial charge in [0.25, 0.3) is 0 Å². The first-order chi connectivity index (χ1) is 8.72. The number of aliphatic hydroxyl groups excluding tert-OH is 1. The normalized spacial score (nSPS) is 20.8. The zero-order chi connectivity index (χ0) is 13.2. The molecule has 18 heavy (non-hydrogen) atoms. The highest BCUT2D eigenvalue weighted by Gasteiger charge is 2.13. The first-order valence-corrected chi connectivity index (χ1v) is 8.64. The number of unbranched alkanes of at least 4 members (excludes halogenated alkanes) is 1. The second-order valence-electron chi connectivity index (χ2n) is 5.55. The minimum absolute atomic E-state index is 0.0984. The fraction of sp³-hybridized carbons (Fsp3) is 1.00. The van der Waals surface area contributed by atoms with E-state index in [-0.39, 0.29) is 6.10 Å². The van der Waals surface area contributed by atoms with Gasteiger partial charge in [0.15, 0.2) is 0 Å². The molecule has 0 aromatic heterocycles. The van der Waals surface area contributed by atoms with Crippen LogP contribution in [0.25, 0.3) is 0 Å². The van der Waals surface area contributed by atoms with Crippen molar-refractivity contribution in [3.8, 4) is 0 Å². The summed E-state index contributed by atoms with van der Waals surface area (Å²) in [5, 5.41) is 10.6. The molecule has 0 amide bonds. The van der Waals surface area contributed by atoms with Crippen molar-refractivity contribution in [2.45, 2.75) is 70.1 Å². The first-order valence-electron chi connectivity index (χ1n) is 7.59. The summed E-state index contributed by atoms with van der Waals surface area (Å²) in [6.07, 6.45) is 8.34. The van der Waals surface area contributed by atoms with E-state index < -0.39 is 0 Å². The van der Waals surface area contributed by atoms with Gasteiger partial charge >= 0.3 is 0 Å². The molecular formula is C15H30O2S. The van der Waals surface area contributed by atoms with Crippen molar-refractivity contribution in [3.63, 3.8) is 0 Å². The van der Waals surface area contributed by atoms with Crippen LogP contribution >= 0.6 is 11.8 Å². The third kappa shape index (κ3) is 7.65. The largest absolute Gasteiger partial charge is 0.392 e. The molecule has 1 rings (SSSR count). The maximum Gasteiger partial charge on any atom is 0.0630 e. The number of rotatable bonds is 9. The number of thioether (sulfide) groups is 1. The van der Waals surface area contributed by atoms with E-state index in [0.29, 0.717) is 5.25 Å². The molecule has 1 N–H and O–H groups in total. The van der Waals surface area contributed by atoms with E-state index in [4.69, 9.17) is 4.74 Å². The molecule has 1 aliphatic rings. The molecule has 0 spiro atoms. The number of aliphatic hydroxyl groups is 1. The summed E-state index contributed by atoms with van der Waals surface area (Å²) in [6, 6.07) is 0. The fourth-order valence-corrected chi connectivity index (χ4v) is 3.28. The summed E-state index contributed by atoms with van der Waals surface area (Å²) in [5.74, 6) is 1.79. The van der Waals surface area contributed by atoms with E-state index in [1.165, 1.54) is 38.5 Å². The second-order valence-corrected chi connectivity index (χ2v) is 7.02. The predicted molar refractivity (Wildman–Crippen MR) is 80.2 cm³/mol. The highest BCUT2D eigenvalue weighted by molar-refractivity contribution is 7.99. The van der Waals surface area contributed by atoms with Crippen LogP contribution in [0.3, 0.4) is 0 Å². The summed E-state index contributed by atoms with van der Waals surface area (Å²) in [4.78, 5) is 0. The molecule has 3 heteroatoms. The quantitative estimate of drug-likeness (QED) is 0.647. The van der Waals surface area contributed by atoms with Gasteiger partial charge in [0.1, 0.15) is 0 Å². The van der Waals surface area contributed by atoms with Crippen molar-refractivity contribution in [2.75, 3.05) is 19.0 Å². The van der Waals surface area contributed by atoms with Gasteiger partial charge in [-0.25, -0.2) is 0 Å². The lowest BCUT2D eigenvalue weighted by Crippen LogP contribution is -2.16. The Morgan fingerprint density at radius 3 is 2.67 bits per heavy atom. The van der Waals surface area contributed by atoms with Crippen LogP contribution in [0.2, 0.25) is 0 Å². The Kier molecular flexibility index (Phi) is 9.16. The summed E-state index contributed by atoms with van der Waals surface area (Å²) >= 11 is 1.90. The van der Waals surface area contributed by atoms with Gasteiger partial charge in [-0.2, -0.15) is 11.8 Å². The SMILES string of the molecule is CCC(C)SCC(O)CCCCC1CCOCC1. The highest BCUT2D eigenvalue weighted by atomic mass is 32.2. The molecule has 0 aliphatic carbocycles. The predicted octanol–water partition coefficient (Wildman–Crippen LogP) is 3.87. The van der Waals surface area contributed by atoms with Crippen LogP contribution in [0.15, 0.2) is 0 Å². The Hall–Kier alpha value is 0.270. The fourth-order valence-electron chi connectivity index (χ4n) is 2.32. The van der Waals surface area contributed by atoms with Gasteiger partial charge in [0, 0.05) is 24.2 Å². The maximum atomic E-state index is 9.89. The van der Waals surface area contributed by atoms with Crippen molar-refractivity contribution >= 4 is 11.8 Å². The zero-order valence-electron chi connectivity index (χ0n) is 12.1. The molecule has 2 nitrogen and oxygen atoms in total. The first kappa shape index (κ1) is 16.3. The standard InChI is InChI=1S/C15H30O2S/c1-3-13(2)18-12-15(16)7-5-4-6-14-8-10-17-11-9-14/h13-16H,3-12H2,1-2H3. The summed E-state index contributed by atoms with van der Waals surface area (Å²) < 4.78 is 5.37. The Labute approximate surface area is 117 Å². The molecule has 2 unspecified atom stereocenters. The lowest BCUT2D eigenvalue weighted by atomic mass is 9.93. The average Bonchev–Trinajstić information content (AvgIpc) is 2.42. The highest BCUT2D eigenvalue weighted by Crippen LogP contribution is 2.22. The molecule has 0 bridgehead atoms. The Morgan fingerprint density at radius 1 is 1.28 bits per heavy atom. The van der Waals surface area contributed by atoms with Gasteiger partial charge in [0.05, 0.1) is 6.10 Å². The van der Waals surface area contributed by atoms with Crippen LogP contribution in [0.5, 0.6) is 0 Å². The van der Waals surface area contributed by atoms with Crippen molar-refractivity contribution in [1.29, 1.82) is 0 Å². The monoisotopic (exact) mass is 274 g/mol. The van der Waals surface area contributed by atoms with E-state index in [1.807, 2.05) is 11.8 Å². The number of hydrogen-bond acceptors (Lipinski definition) is 3. The van der Waals surface area contributed by atoms with Crippen LogP contribution in [-0.4, -0.2) is 35.4 Å². The van der Waals surface area contributed by atoms with Crippen molar-refractivity contribution in [1.82, 2.24) is 0 Å². The lowest BCUT2D eigenvalue weighted by molar-refractivity contribution is 0.0627. The second kappa shape index (κ2) is 10.1. The molecule has 0 aromatic rings. The smallest absolute Gasteiger partial charge is 0.0630 e. The van der Waals surface area contributed by atoms with Crippen LogP contribution < -0.4 is 0 Å². The molecule has 0 aromatic carbocycles. The molecule has 1 aliphatic heterocycles. The van der Waals surface area contributed by atoms with E-state index in [9.17, 15) is 5.11 Å². The van der Waals surface area contributed by atoms with Gasteiger partial charge in [-0.05, 0) is 31.6 Å². The van der Waals surface area contributed by atoms with Crippen LogP contribution in [0.4, 0.5) is 0 Å². The topological polar surface area (TPSA) is 29.5 Å². The van der Waals surface area contributed by atoms with Crippen molar-refractivity contribution in [2.24, 2.45) is 5.92 Å². The molecule has 1 saturated heterocycles. The summed E-state index contributed by atoms with van der Waals surface area (Å²) in [7, 11) is 0. The van der Waals surface area contributed by atoms with Crippen LogP contribution in [0, 0.1) is 5.92 Å². The van der Waals surface area contributed by atoms with Crippen molar-refractivity contribution in [3.05, 3.63) is 0 Å². The van der Waals surface area contributed by atoms with E-state index in [0.717, 1.165) is 31.3 Å². The molecule has 108 valence electrons. The van der Waals surface area contributed by atoms with Gasteiger partial charge in [-0.3, -0.25) is 0 Å². The zero-order valence-corrected chi connectivity index (χ0v) is 12.9. The van der Waals surface area contributed by atoms with Gasteiger partial charge < -0.3 is 9.84 Å². The summed E-state index contributed by atoms with van der Waals surface area (Å²) in [6.45, 7) is 6.36. The lowest BCUT2D eigenvalue weighted by Gasteiger charge is -2.22. The van der Waals surface area contributed by atoms with E-state index in [2.05, 4.69) is 13.8 Å². The third-order valence-electron chi connectivity index (χ3n) is 3.89. The number of hydrogen-bond donors (Lipinski definition) is 1. The third-order valence-corrected chi connectivity index (χ3v) is 5.37. The summed E-state index contributed by atoms with van der Waals surface area (Å²) in [5.41, 5.74) is 0. The minimum Gasteiger partial charge on any atom is -0.392 e. The average molecular weight is 274 g/mol. The van der Waals surface area contributed by atoms with Crippen LogP contribution in [-0.2, 0) is 4.74 Å². The van der Waals surface area contributed by atoms with E-state index in [1.54, 1.807) is 0 Å². The molecule has 0 saturated carbocycles. The molecule has 2 atom stereocenters. The van der Waals surface area contributed by atoms with Gasteiger partial charge in [-0.15, -0.1) is 0 Å². The van der Waals surface area contributed by atoms with Gasteiger partial charge in [-0.1, -0.05) is 33.1 Å². The Bertz CT molecular complexity index is 193. The van der Waals surface area contributed by atoms with Gasteiger partial charge in [0.2, 0.25) is 0 Å². The van der Waals surface area contributed by atoms with Crippen LogP contribution in [0.1, 0.15) is 58.8 Å². The molecule has 1 heterocycles. The Morgan fingerprint density at radius 2 is 2.00 bits per heavy atom. The maximum absolute atomic E-state index is 9.89. The molecule has 0 radical (unpaired) electrons. The number of ether oxygens (including phenoxy) is 1. The minimum atomic E-state index is -0.0984.